The third-order valence-electron chi connectivity index (χ3n) is 6.24. The Morgan fingerprint density at radius 1 is 0.943 bits per heavy atom. The summed E-state index contributed by atoms with van der Waals surface area (Å²) < 4.78 is 28.4. The van der Waals surface area contributed by atoms with Gasteiger partial charge in [-0.3, -0.25) is 0 Å². The van der Waals surface area contributed by atoms with Gasteiger partial charge >= 0.3 is 0 Å². The molecule has 0 saturated heterocycles. The molecule has 1 aliphatic heterocycles. The Balaban J connectivity index is 1.78. The molecule has 0 aliphatic carbocycles. The SMILES string of the molecule is CC1=C(/C(C)=C/C#Cc2ccccc2)[C@@](O)(c2ccccc2)CN(S(=O)(=O)c2ccc(C)cc2)C1. The van der Waals surface area contributed by atoms with E-state index in [9.17, 15) is 13.5 Å². The fourth-order valence-electron chi connectivity index (χ4n) is 4.55. The second-order valence-corrected chi connectivity index (χ2v) is 10.9. The van der Waals surface area contributed by atoms with Gasteiger partial charge in [0.05, 0.1) is 11.4 Å². The van der Waals surface area contributed by atoms with E-state index < -0.39 is 15.6 Å². The highest BCUT2D eigenvalue weighted by atomic mass is 32.2. The number of aryl methyl sites for hydroxylation is 1. The molecule has 1 atom stereocenters. The van der Waals surface area contributed by atoms with E-state index in [0.717, 1.165) is 22.3 Å². The maximum atomic E-state index is 13.5. The Morgan fingerprint density at radius 2 is 1.54 bits per heavy atom. The molecule has 35 heavy (non-hydrogen) atoms. The van der Waals surface area contributed by atoms with Crippen LogP contribution in [0.1, 0.15) is 30.5 Å². The molecule has 1 heterocycles. The van der Waals surface area contributed by atoms with Gasteiger partial charge in [-0.25, -0.2) is 8.42 Å². The summed E-state index contributed by atoms with van der Waals surface area (Å²) in [5.41, 5.74) is 3.32. The van der Waals surface area contributed by atoms with Crippen LogP contribution in [0.5, 0.6) is 0 Å². The summed E-state index contributed by atoms with van der Waals surface area (Å²) in [7, 11) is -3.80. The maximum Gasteiger partial charge on any atom is 0.243 e. The minimum absolute atomic E-state index is 0.0861. The molecule has 178 valence electrons. The van der Waals surface area contributed by atoms with E-state index in [4.69, 9.17) is 0 Å². The highest BCUT2D eigenvalue weighted by Crippen LogP contribution is 2.41. The van der Waals surface area contributed by atoms with E-state index in [1.807, 2.05) is 81.4 Å². The third-order valence-corrected chi connectivity index (χ3v) is 8.05. The van der Waals surface area contributed by atoms with Crippen molar-refractivity contribution < 1.29 is 13.5 Å². The molecular formula is C30H29NO3S. The normalized spacial score (nSPS) is 19.3. The number of β-amino-alcohol motifs (C(OH)–C–C–N with tert-alkyl or cyclic N) is 1. The zero-order chi connectivity index (χ0) is 25.1. The molecule has 5 heteroatoms. The van der Waals surface area contributed by atoms with Crippen LogP contribution < -0.4 is 0 Å². The smallest absolute Gasteiger partial charge is 0.243 e. The molecule has 0 aromatic heterocycles. The van der Waals surface area contributed by atoms with Crippen LogP contribution in [0, 0.1) is 18.8 Å². The van der Waals surface area contributed by atoms with Gasteiger partial charge in [0.2, 0.25) is 10.0 Å². The first-order valence-corrected chi connectivity index (χ1v) is 12.9. The second kappa shape index (κ2) is 10.1. The van der Waals surface area contributed by atoms with Gasteiger partial charge in [-0.1, -0.05) is 83.6 Å². The Bertz CT molecular complexity index is 1430. The fraction of sp³-hybridized carbons (Fsp3) is 0.200. The molecule has 1 N–H and O–H groups in total. The second-order valence-electron chi connectivity index (χ2n) is 8.93. The van der Waals surface area contributed by atoms with Gasteiger partial charge in [0.1, 0.15) is 5.60 Å². The van der Waals surface area contributed by atoms with Crippen molar-refractivity contribution in [1.29, 1.82) is 0 Å². The molecule has 3 aromatic carbocycles. The number of hydrogen-bond donors (Lipinski definition) is 1. The summed E-state index contributed by atoms with van der Waals surface area (Å²) in [5.74, 6) is 6.21. The van der Waals surface area contributed by atoms with Crippen molar-refractivity contribution in [3.05, 3.63) is 124 Å². The zero-order valence-corrected chi connectivity index (χ0v) is 21.0. The number of allylic oxidation sites excluding steroid dienone is 1. The quantitative estimate of drug-likeness (QED) is 0.519. The van der Waals surface area contributed by atoms with Crippen LogP contribution in [0.15, 0.2) is 113 Å². The summed E-state index contributed by atoms with van der Waals surface area (Å²) in [6.07, 6.45) is 1.80. The lowest BCUT2D eigenvalue weighted by Crippen LogP contribution is -2.50. The summed E-state index contributed by atoms with van der Waals surface area (Å²) >= 11 is 0. The van der Waals surface area contributed by atoms with Gasteiger partial charge in [-0.05, 0) is 67.8 Å². The third kappa shape index (κ3) is 5.16. The summed E-state index contributed by atoms with van der Waals surface area (Å²) in [6, 6.07) is 25.7. The Kier molecular flexibility index (Phi) is 7.09. The van der Waals surface area contributed by atoms with E-state index in [1.165, 1.54) is 4.31 Å². The topological polar surface area (TPSA) is 57.6 Å². The molecule has 4 rings (SSSR count). The Hall–Kier alpha value is -3.43. The van der Waals surface area contributed by atoms with Crippen LogP contribution in [0.2, 0.25) is 0 Å². The lowest BCUT2D eigenvalue weighted by Gasteiger charge is -2.42. The van der Waals surface area contributed by atoms with Gasteiger partial charge in [-0.15, -0.1) is 0 Å². The van der Waals surface area contributed by atoms with Crippen molar-refractivity contribution in [2.75, 3.05) is 13.1 Å². The van der Waals surface area contributed by atoms with E-state index in [1.54, 1.807) is 30.3 Å². The summed E-state index contributed by atoms with van der Waals surface area (Å²) in [4.78, 5) is 0.218. The Labute approximate surface area is 208 Å². The van der Waals surface area contributed by atoms with Crippen LogP contribution in [-0.4, -0.2) is 30.9 Å². The van der Waals surface area contributed by atoms with E-state index >= 15 is 0 Å². The predicted octanol–water partition coefficient (Wildman–Crippen LogP) is 5.20. The van der Waals surface area contributed by atoms with Crippen LogP contribution >= 0.6 is 0 Å². The van der Waals surface area contributed by atoms with Crippen molar-refractivity contribution in [3.8, 4) is 11.8 Å². The average molecular weight is 484 g/mol. The minimum atomic E-state index is -3.80. The van der Waals surface area contributed by atoms with E-state index in [2.05, 4.69) is 11.8 Å². The van der Waals surface area contributed by atoms with Crippen molar-refractivity contribution >= 4 is 10.0 Å². The predicted molar refractivity (Wildman–Crippen MR) is 140 cm³/mol. The van der Waals surface area contributed by atoms with Crippen LogP contribution in [0.3, 0.4) is 0 Å². The summed E-state index contributed by atoms with van der Waals surface area (Å²) in [6.45, 7) is 5.81. The first-order valence-electron chi connectivity index (χ1n) is 11.5. The monoisotopic (exact) mass is 483 g/mol. The van der Waals surface area contributed by atoms with Crippen molar-refractivity contribution in [3.63, 3.8) is 0 Å². The van der Waals surface area contributed by atoms with Gasteiger partial charge < -0.3 is 5.11 Å². The van der Waals surface area contributed by atoms with E-state index in [0.29, 0.717) is 11.1 Å². The fourth-order valence-corrected chi connectivity index (χ4v) is 6.05. The summed E-state index contributed by atoms with van der Waals surface area (Å²) in [5, 5.41) is 12.1. The molecule has 3 aromatic rings. The lowest BCUT2D eigenvalue weighted by atomic mass is 9.78. The number of hydrogen-bond acceptors (Lipinski definition) is 3. The first kappa shape index (κ1) is 24.7. The zero-order valence-electron chi connectivity index (χ0n) is 20.2. The van der Waals surface area contributed by atoms with Crippen molar-refractivity contribution in [2.45, 2.75) is 31.3 Å². The largest absolute Gasteiger partial charge is 0.379 e. The number of nitrogens with zero attached hydrogens (tertiary/aromatic N) is 1. The van der Waals surface area contributed by atoms with Crippen molar-refractivity contribution in [1.82, 2.24) is 4.31 Å². The molecule has 0 radical (unpaired) electrons. The molecule has 0 saturated carbocycles. The van der Waals surface area contributed by atoms with Crippen LogP contribution in [0.4, 0.5) is 0 Å². The highest BCUT2D eigenvalue weighted by molar-refractivity contribution is 7.89. The number of rotatable bonds is 4. The van der Waals surface area contributed by atoms with E-state index in [-0.39, 0.29) is 18.0 Å². The number of aliphatic hydroxyl groups is 1. The molecule has 0 bridgehead atoms. The van der Waals surface area contributed by atoms with Gasteiger partial charge in [0.15, 0.2) is 0 Å². The molecule has 0 unspecified atom stereocenters. The van der Waals surface area contributed by atoms with Gasteiger partial charge in [0.25, 0.3) is 0 Å². The van der Waals surface area contributed by atoms with Gasteiger partial charge in [-0.2, -0.15) is 4.31 Å². The Morgan fingerprint density at radius 3 is 2.17 bits per heavy atom. The molecule has 0 spiro atoms. The molecule has 0 amide bonds. The molecule has 4 nitrogen and oxygen atoms in total. The molecular weight excluding hydrogens is 454 g/mol. The molecule has 0 fully saturated rings. The van der Waals surface area contributed by atoms with Gasteiger partial charge in [0, 0.05) is 12.1 Å². The minimum Gasteiger partial charge on any atom is -0.379 e. The first-order chi connectivity index (χ1) is 16.7. The highest BCUT2D eigenvalue weighted by Gasteiger charge is 2.44. The molecule has 1 aliphatic rings. The number of sulfonamides is 1. The van der Waals surface area contributed by atoms with Crippen molar-refractivity contribution in [2.24, 2.45) is 0 Å². The lowest BCUT2D eigenvalue weighted by molar-refractivity contribution is 0.0488. The average Bonchev–Trinajstić information content (AvgIpc) is 2.85. The maximum absolute atomic E-state index is 13.5. The number of benzene rings is 3. The van der Waals surface area contributed by atoms with Crippen LogP contribution in [0.25, 0.3) is 0 Å². The van der Waals surface area contributed by atoms with Crippen LogP contribution in [-0.2, 0) is 15.6 Å². The standard InChI is InChI=1S/C30H29NO3S/c1-23-17-19-28(20-18-23)35(33,34)31-21-25(3)29(30(32,22-31)27-15-8-5-9-16-27)24(2)11-10-14-26-12-6-4-7-13-26/h4-9,11-13,15-20,32H,21-22H2,1-3H3/b24-11+/t30-/m0/s1.